The first-order valence-corrected chi connectivity index (χ1v) is 8.33. The lowest BCUT2D eigenvalue weighted by atomic mass is 9.97. The molecule has 1 aliphatic rings. The first-order chi connectivity index (χ1) is 11.4. The smallest absolute Gasteiger partial charge is 0.0261 e. The second-order valence-corrected chi connectivity index (χ2v) is 6.17. The molecule has 1 radical (unpaired) electrons. The van der Waals surface area contributed by atoms with Crippen molar-refractivity contribution < 1.29 is 0 Å². The van der Waals surface area contributed by atoms with Gasteiger partial charge in [0.1, 0.15) is 0 Å². The number of piperazine rings is 1. The molecule has 1 heterocycles. The van der Waals surface area contributed by atoms with Gasteiger partial charge < -0.3 is 0 Å². The first-order valence-electron chi connectivity index (χ1n) is 8.33. The van der Waals surface area contributed by atoms with Gasteiger partial charge in [0.2, 0.25) is 0 Å². The van der Waals surface area contributed by atoms with Crippen molar-refractivity contribution in [3.63, 3.8) is 0 Å². The van der Waals surface area contributed by atoms with Gasteiger partial charge in [0.25, 0.3) is 0 Å². The summed E-state index contributed by atoms with van der Waals surface area (Å²) in [6, 6.07) is 24.1. The number of hydrogen-bond acceptors (Lipinski definition) is 1. The molecule has 1 saturated heterocycles. The minimum Gasteiger partial charge on any atom is -0.296 e. The van der Waals surface area contributed by atoms with Crippen molar-refractivity contribution in [2.24, 2.45) is 0 Å². The summed E-state index contributed by atoms with van der Waals surface area (Å²) in [5.74, 6) is 0. The normalized spacial score (nSPS) is 15.8. The van der Waals surface area contributed by atoms with Crippen molar-refractivity contribution in [1.82, 2.24) is 10.2 Å². The standard InChI is InChI=1S/C21H21N2/c1-2-6-18-15-19(10-9-17(18)5-1)21-8-4-3-7-20(21)16-23-13-11-22-12-14-23/h1-10,15H,11-14,16H2. The average Bonchev–Trinajstić information content (AvgIpc) is 2.63. The molecule has 3 aromatic carbocycles. The first kappa shape index (κ1) is 14.4. The van der Waals surface area contributed by atoms with Crippen molar-refractivity contribution in [3.05, 3.63) is 72.3 Å². The molecule has 115 valence electrons. The Kier molecular flexibility index (Phi) is 4.10. The maximum atomic E-state index is 4.44. The molecule has 0 aliphatic carbocycles. The minimum absolute atomic E-state index is 0.970. The zero-order valence-corrected chi connectivity index (χ0v) is 13.3. The second kappa shape index (κ2) is 6.53. The summed E-state index contributed by atoms with van der Waals surface area (Å²) in [6.45, 7) is 5.10. The molecule has 0 amide bonds. The van der Waals surface area contributed by atoms with Crippen LogP contribution in [-0.4, -0.2) is 31.1 Å². The third kappa shape index (κ3) is 3.14. The molecular weight excluding hydrogens is 280 g/mol. The quantitative estimate of drug-likeness (QED) is 0.716. The van der Waals surface area contributed by atoms with Crippen molar-refractivity contribution in [2.75, 3.05) is 26.2 Å². The Morgan fingerprint density at radius 1 is 0.783 bits per heavy atom. The fourth-order valence-electron chi connectivity index (χ4n) is 3.34. The number of benzene rings is 3. The zero-order chi connectivity index (χ0) is 15.5. The van der Waals surface area contributed by atoms with Crippen LogP contribution in [0, 0.1) is 0 Å². The summed E-state index contributed by atoms with van der Waals surface area (Å²) in [4.78, 5) is 2.51. The number of fused-ring (bicyclic) bond motifs is 1. The van der Waals surface area contributed by atoms with E-state index in [4.69, 9.17) is 0 Å². The average molecular weight is 301 g/mol. The molecule has 0 saturated carbocycles. The molecule has 0 atom stereocenters. The summed E-state index contributed by atoms with van der Waals surface area (Å²) in [5, 5.41) is 7.04. The molecule has 2 nitrogen and oxygen atoms in total. The fraction of sp³-hybridized carbons (Fsp3) is 0.238. The van der Waals surface area contributed by atoms with Crippen LogP contribution in [0.2, 0.25) is 0 Å². The summed E-state index contributed by atoms with van der Waals surface area (Å²) < 4.78 is 0. The van der Waals surface area contributed by atoms with Crippen LogP contribution >= 0.6 is 0 Å². The summed E-state index contributed by atoms with van der Waals surface area (Å²) in [5.41, 5.74) is 4.06. The largest absolute Gasteiger partial charge is 0.296 e. The van der Waals surface area contributed by atoms with E-state index in [-0.39, 0.29) is 0 Å². The van der Waals surface area contributed by atoms with Crippen LogP contribution < -0.4 is 5.32 Å². The molecule has 3 aromatic rings. The maximum absolute atomic E-state index is 4.44. The summed E-state index contributed by atoms with van der Waals surface area (Å²) in [7, 11) is 0. The molecule has 2 heteroatoms. The van der Waals surface area contributed by atoms with E-state index in [9.17, 15) is 0 Å². The van der Waals surface area contributed by atoms with Crippen molar-refractivity contribution in [2.45, 2.75) is 6.54 Å². The highest BCUT2D eigenvalue weighted by Crippen LogP contribution is 2.28. The Hall–Kier alpha value is -2.16. The minimum atomic E-state index is 0.970. The van der Waals surface area contributed by atoms with Crippen LogP contribution in [0.1, 0.15) is 5.56 Å². The number of nitrogens with zero attached hydrogens (tertiary/aromatic N) is 2. The van der Waals surface area contributed by atoms with E-state index >= 15 is 0 Å². The highest BCUT2D eigenvalue weighted by Gasteiger charge is 2.13. The second-order valence-electron chi connectivity index (χ2n) is 6.17. The predicted molar refractivity (Wildman–Crippen MR) is 96.5 cm³/mol. The van der Waals surface area contributed by atoms with Gasteiger partial charge in [-0.3, -0.25) is 4.90 Å². The van der Waals surface area contributed by atoms with E-state index in [0.717, 1.165) is 32.7 Å². The lowest BCUT2D eigenvalue weighted by Crippen LogP contribution is -2.39. The van der Waals surface area contributed by atoms with E-state index in [2.05, 4.69) is 76.9 Å². The van der Waals surface area contributed by atoms with Gasteiger partial charge in [0.15, 0.2) is 0 Å². The molecule has 0 unspecified atom stereocenters. The van der Waals surface area contributed by atoms with Crippen LogP contribution in [0.3, 0.4) is 0 Å². The Bertz CT molecular complexity index is 804. The molecular formula is C21H21N2. The van der Waals surface area contributed by atoms with Gasteiger partial charge in [-0.25, -0.2) is 5.32 Å². The summed E-state index contributed by atoms with van der Waals surface area (Å²) in [6.07, 6.45) is 0. The third-order valence-electron chi connectivity index (χ3n) is 4.62. The maximum Gasteiger partial charge on any atom is 0.0261 e. The molecule has 0 bridgehead atoms. The van der Waals surface area contributed by atoms with E-state index in [1.165, 1.54) is 27.5 Å². The third-order valence-corrected chi connectivity index (χ3v) is 4.62. The molecule has 1 aliphatic heterocycles. The van der Waals surface area contributed by atoms with Gasteiger partial charge in [-0.05, 0) is 33.5 Å². The molecule has 23 heavy (non-hydrogen) atoms. The van der Waals surface area contributed by atoms with Gasteiger partial charge in [-0.2, -0.15) is 0 Å². The van der Waals surface area contributed by atoms with E-state index in [1.54, 1.807) is 0 Å². The Labute approximate surface area is 137 Å². The topological polar surface area (TPSA) is 17.3 Å². The number of hydrogen-bond donors (Lipinski definition) is 0. The highest BCUT2D eigenvalue weighted by molar-refractivity contribution is 5.87. The van der Waals surface area contributed by atoms with Crippen LogP contribution in [0.5, 0.6) is 0 Å². The Morgan fingerprint density at radius 2 is 1.52 bits per heavy atom. The van der Waals surface area contributed by atoms with Crippen molar-refractivity contribution in [1.29, 1.82) is 0 Å². The zero-order valence-electron chi connectivity index (χ0n) is 13.3. The molecule has 0 aromatic heterocycles. The highest BCUT2D eigenvalue weighted by atomic mass is 15.2. The summed E-state index contributed by atoms with van der Waals surface area (Å²) >= 11 is 0. The van der Waals surface area contributed by atoms with Gasteiger partial charge in [0, 0.05) is 32.7 Å². The van der Waals surface area contributed by atoms with Gasteiger partial charge in [-0.1, -0.05) is 60.7 Å². The van der Waals surface area contributed by atoms with Crippen LogP contribution in [0.15, 0.2) is 66.7 Å². The van der Waals surface area contributed by atoms with Crippen LogP contribution in [0.25, 0.3) is 21.9 Å². The SMILES string of the molecule is c1ccc(-c2ccc3ccccc3c2)c(CN2CC[N]CC2)c1. The fourth-order valence-corrected chi connectivity index (χ4v) is 3.34. The molecule has 0 spiro atoms. The Balaban J connectivity index is 1.69. The van der Waals surface area contributed by atoms with Crippen LogP contribution in [-0.2, 0) is 6.54 Å². The van der Waals surface area contributed by atoms with Crippen molar-refractivity contribution in [3.8, 4) is 11.1 Å². The lowest BCUT2D eigenvalue weighted by Gasteiger charge is -2.27. The van der Waals surface area contributed by atoms with Gasteiger partial charge in [-0.15, -0.1) is 0 Å². The predicted octanol–water partition coefficient (Wildman–Crippen LogP) is 3.93. The van der Waals surface area contributed by atoms with Gasteiger partial charge >= 0.3 is 0 Å². The molecule has 1 fully saturated rings. The van der Waals surface area contributed by atoms with Gasteiger partial charge in [0.05, 0.1) is 0 Å². The van der Waals surface area contributed by atoms with Crippen molar-refractivity contribution >= 4 is 10.8 Å². The molecule has 4 rings (SSSR count). The monoisotopic (exact) mass is 301 g/mol. The van der Waals surface area contributed by atoms with E-state index < -0.39 is 0 Å². The van der Waals surface area contributed by atoms with E-state index in [1.807, 2.05) is 0 Å². The Morgan fingerprint density at radius 3 is 2.39 bits per heavy atom. The number of rotatable bonds is 3. The van der Waals surface area contributed by atoms with E-state index in [0.29, 0.717) is 0 Å². The lowest BCUT2D eigenvalue weighted by molar-refractivity contribution is 0.231. The molecule has 0 N–H and O–H groups in total. The van der Waals surface area contributed by atoms with Crippen LogP contribution in [0.4, 0.5) is 0 Å².